The third-order valence-electron chi connectivity index (χ3n) is 1.41. The summed E-state index contributed by atoms with van der Waals surface area (Å²) in [7, 11) is 0. The van der Waals surface area contributed by atoms with Crippen molar-refractivity contribution in [1.82, 2.24) is 5.32 Å². The van der Waals surface area contributed by atoms with Crippen molar-refractivity contribution in [2.75, 3.05) is 5.32 Å². The number of halogens is 1. The largest absolute Gasteiger partial charge is 0.325 e. The lowest BCUT2D eigenvalue weighted by atomic mass is 10.3. The maximum Gasteiger partial charge on any atom is 0.325 e. The van der Waals surface area contributed by atoms with E-state index in [4.69, 9.17) is 0 Å². The van der Waals surface area contributed by atoms with Gasteiger partial charge in [-0.15, -0.1) is 0 Å². The summed E-state index contributed by atoms with van der Waals surface area (Å²) < 4.78 is 13.0. The fourth-order valence-corrected chi connectivity index (χ4v) is 0.876. The van der Waals surface area contributed by atoms with Crippen LogP contribution in [-0.2, 0) is 4.79 Å². The van der Waals surface area contributed by atoms with Crippen LogP contribution in [0.1, 0.15) is 6.92 Å². The van der Waals surface area contributed by atoms with Crippen LogP contribution in [0.15, 0.2) is 24.3 Å². The molecule has 0 fully saturated rings. The van der Waals surface area contributed by atoms with E-state index in [1.54, 1.807) is 6.07 Å². The second-order valence-electron chi connectivity index (χ2n) is 2.62. The monoisotopic (exact) mass is 196 g/mol. The number of carbonyl (C=O) groups excluding carboxylic acids is 2. The van der Waals surface area contributed by atoms with Crippen LogP contribution in [0.25, 0.3) is 0 Å². The molecule has 1 aromatic rings. The third-order valence-corrected chi connectivity index (χ3v) is 1.41. The minimum atomic E-state index is -0.748. The Bertz CT molecular complexity index is 366. The van der Waals surface area contributed by atoms with E-state index in [0.29, 0.717) is 0 Å². The lowest BCUT2D eigenvalue weighted by molar-refractivity contribution is -0.117. The molecule has 0 aliphatic heterocycles. The van der Waals surface area contributed by atoms with Gasteiger partial charge < -0.3 is 5.32 Å². The number of para-hydroxylation sites is 1. The van der Waals surface area contributed by atoms with Gasteiger partial charge in [0.15, 0.2) is 0 Å². The lowest BCUT2D eigenvalue weighted by Crippen LogP contribution is -2.32. The van der Waals surface area contributed by atoms with E-state index in [-0.39, 0.29) is 5.69 Å². The van der Waals surface area contributed by atoms with Gasteiger partial charge in [0.1, 0.15) is 5.82 Å². The van der Waals surface area contributed by atoms with Crippen LogP contribution in [0.2, 0.25) is 0 Å². The van der Waals surface area contributed by atoms with Crippen molar-refractivity contribution >= 4 is 17.6 Å². The second-order valence-corrected chi connectivity index (χ2v) is 2.62. The molecule has 5 heteroatoms. The molecule has 0 bridgehead atoms. The predicted molar refractivity (Wildman–Crippen MR) is 49.2 cm³/mol. The van der Waals surface area contributed by atoms with Crippen LogP contribution in [0, 0.1) is 5.82 Å². The fraction of sp³-hybridized carbons (Fsp3) is 0.111. The Morgan fingerprint density at radius 3 is 2.50 bits per heavy atom. The van der Waals surface area contributed by atoms with Crippen molar-refractivity contribution in [2.24, 2.45) is 0 Å². The quantitative estimate of drug-likeness (QED) is 0.715. The number of rotatable bonds is 1. The predicted octanol–water partition coefficient (Wildman–Crippen LogP) is 1.49. The van der Waals surface area contributed by atoms with Gasteiger partial charge in [0.05, 0.1) is 5.69 Å². The molecule has 0 aliphatic carbocycles. The minimum Gasteiger partial charge on any atom is -0.305 e. The summed E-state index contributed by atoms with van der Waals surface area (Å²) >= 11 is 0. The van der Waals surface area contributed by atoms with Crippen LogP contribution in [0.4, 0.5) is 14.9 Å². The van der Waals surface area contributed by atoms with Crippen molar-refractivity contribution in [2.45, 2.75) is 6.92 Å². The molecule has 0 aliphatic rings. The molecule has 14 heavy (non-hydrogen) atoms. The maximum absolute atomic E-state index is 13.0. The number of benzene rings is 1. The Morgan fingerprint density at radius 1 is 1.29 bits per heavy atom. The number of hydrogen-bond acceptors (Lipinski definition) is 2. The van der Waals surface area contributed by atoms with Gasteiger partial charge >= 0.3 is 6.03 Å². The third kappa shape index (κ3) is 2.85. The Balaban J connectivity index is 2.65. The summed E-state index contributed by atoms with van der Waals surface area (Å²) in [6.07, 6.45) is 0. The minimum absolute atomic E-state index is 0.0336. The van der Waals surface area contributed by atoms with Gasteiger partial charge in [-0.3, -0.25) is 10.1 Å². The van der Waals surface area contributed by atoms with E-state index < -0.39 is 17.8 Å². The van der Waals surface area contributed by atoms with Crippen molar-refractivity contribution in [1.29, 1.82) is 0 Å². The molecule has 0 saturated carbocycles. The van der Waals surface area contributed by atoms with E-state index in [9.17, 15) is 14.0 Å². The van der Waals surface area contributed by atoms with Gasteiger partial charge in [-0.05, 0) is 12.1 Å². The van der Waals surface area contributed by atoms with Crippen LogP contribution in [0.5, 0.6) is 0 Å². The molecule has 0 spiro atoms. The van der Waals surface area contributed by atoms with E-state index in [1.807, 2.05) is 5.32 Å². The van der Waals surface area contributed by atoms with E-state index >= 15 is 0 Å². The number of amides is 3. The second kappa shape index (κ2) is 4.36. The van der Waals surface area contributed by atoms with Gasteiger partial charge in [-0.25, -0.2) is 9.18 Å². The highest BCUT2D eigenvalue weighted by molar-refractivity contribution is 6.00. The number of hydrogen-bond donors (Lipinski definition) is 2. The van der Waals surface area contributed by atoms with E-state index in [1.165, 1.54) is 25.1 Å². The Hall–Kier alpha value is -1.91. The number of anilines is 1. The molecule has 0 radical (unpaired) electrons. The number of imide groups is 1. The Morgan fingerprint density at radius 2 is 1.93 bits per heavy atom. The van der Waals surface area contributed by atoms with Crippen LogP contribution < -0.4 is 10.6 Å². The molecule has 0 saturated heterocycles. The van der Waals surface area contributed by atoms with Gasteiger partial charge in [0, 0.05) is 6.92 Å². The first-order valence-corrected chi connectivity index (χ1v) is 3.92. The molecular formula is C9H9FN2O2. The first-order valence-electron chi connectivity index (χ1n) is 3.92. The maximum atomic E-state index is 13.0. The molecular weight excluding hydrogens is 187 g/mol. The van der Waals surface area contributed by atoms with Gasteiger partial charge in [-0.2, -0.15) is 0 Å². The van der Waals surface area contributed by atoms with Crippen LogP contribution in [0.3, 0.4) is 0 Å². The first kappa shape index (κ1) is 10.2. The van der Waals surface area contributed by atoms with Crippen molar-refractivity contribution in [3.63, 3.8) is 0 Å². The molecule has 74 valence electrons. The summed E-state index contributed by atoms with van der Waals surface area (Å²) in [5, 5.41) is 4.16. The zero-order valence-electron chi connectivity index (χ0n) is 7.50. The number of nitrogens with one attached hydrogen (secondary N) is 2. The standard InChI is InChI=1S/C9H9FN2O2/c1-6(13)11-9(14)12-8-5-3-2-4-7(8)10/h2-5H,1H3,(H2,11,12,13,14). The summed E-state index contributed by atoms with van der Waals surface area (Å²) in [5.74, 6) is -1.05. The highest BCUT2D eigenvalue weighted by atomic mass is 19.1. The Labute approximate surface area is 80.1 Å². The first-order chi connectivity index (χ1) is 6.59. The zero-order chi connectivity index (χ0) is 10.6. The van der Waals surface area contributed by atoms with Crippen LogP contribution >= 0.6 is 0 Å². The molecule has 1 rings (SSSR count). The normalized spacial score (nSPS) is 9.29. The lowest BCUT2D eigenvalue weighted by Gasteiger charge is -2.05. The summed E-state index contributed by atoms with van der Waals surface area (Å²) in [4.78, 5) is 21.4. The average Bonchev–Trinajstić information content (AvgIpc) is 2.07. The molecule has 3 amide bonds. The van der Waals surface area contributed by atoms with Gasteiger partial charge in [0.2, 0.25) is 5.91 Å². The molecule has 0 unspecified atom stereocenters. The van der Waals surface area contributed by atoms with Gasteiger partial charge in [0.25, 0.3) is 0 Å². The van der Waals surface area contributed by atoms with Crippen LogP contribution in [-0.4, -0.2) is 11.9 Å². The smallest absolute Gasteiger partial charge is 0.305 e. The zero-order valence-corrected chi connectivity index (χ0v) is 7.50. The summed E-state index contributed by atoms with van der Waals surface area (Å²) in [6, 6.07) is 4.94. The topological polar surface area (TPSA) is 58.2 Å². The van der Waals surface area contributed by atoms with Crippen molar-refractivity contribution < 1.29 is 14.0 Å². The van der Waals surface area contributed by atoms with Gasteiger partial charge in [-0.1, -0.05) is 12.1 Å². The molecule has 0 aromatic heterocycles. The van der Waals surface area contributed by atoms with E-state index in [0.717, 1.165) is 0 Å². The fourth-order valence-electron chi connectivity index (χ4n) is 0.876. The highest BCUT2D eigenvalue weighted by Crippen LogP contribution is 2.11. The molecule has 0 atom stereocenters. The molecule has 1 aromatic carbocycles. The number of carbonyl (C=O) groups is 2. The molecule has 2 N–H and O–H groups in total. The summed E-state index contributed by atoms with van der Waals surface area (Å²) in [6.45, 7) is 1.20. The average molecular weight is 196 g/mol. The highest BCUT2D eigenvalue weighted by Gasteiger charge is 2.06. The molecule has 4 nitrogen and oxygen atoms in total. The Kier molecular flexibility index (Phi) is 3.17. The number of urea groups is 1. The van der Waals surface area contributed by atoms with E-state index in [2.05, 4.69) is 5.32 Å². The SMILES string of the molecule is CC(=O)NC(=O)Nc1ccccc1F. The molecule has 0 heterocycles. The summed E-state index contributed by atoms with van der Waals surface area (Å²) in [5.41, 5.74) is 0.0336. The van der Waals surface area contributed by atoms with Crippen molar-refractivity contribution in [3.8, 4) is 0 Å². The van der Waals surface area contributed by atoms with Crippen molar-refractivity contribution in [3.05, 3.63) is 30.1 Å².